The van der Waals surface area contributed by atoms with E-state index in [-0.39, 0.29) is 5.92 Å². The molecule has 0 saturated heterocycles. The molecule has 0 bridgehead atoms. The van der Waals surface area contributed by atoms with Gasteiger partial charge in [-0.3, -0.25) is 0 Å². The van der Waals surface area contributed by atoms with E-state index in [1.165, 1.54) is 0 Å². The molecule has 1 rings (SSSR count). The zero-order chi connectivity index (χ0) is 10.6. The summed E-state index contributed by atoms with van der Waals surface area (Å²) in [5.41, 5.74) is 0. The molecule has 0 aliphatic carbocycles. The number of aryl methyl sites for hydroxylation is 1. The second-order valence-corrected chi connectivity index (χ2v) is 3.82. The second kappa shape index (κ2) is 5.01. The van der Waals surface area contributed by atoms with Crippen molar-refractivity contribution in [3.8, 4) is 0 Å². The molecule has 2 heteroatoms. The Morgan fingerprint density at radius 2 is 2.21 bits per heavy atom. The van der Waals surface area contributed by atoms with E-state index < -0.39 is 6.10 Å². The zero-order valence-electron chi connectivity index (χ0n) is 8.86. The maximum Gasteiger partial charge on any atom is 0.132 e. The Hall–Kier alpha value is -1.02. The minimum absolute atomic E-state index is 0.188. The molecular weight excluding hydrogens is 176 g/mol. The molecule has 0 saturated carbocycles. The molecule has 0 aliphatic rings. The van der Waals surface area contributed by atoms with Crippen LogP contribution in [0.4, 0.5) is 0 Å². The lowest BCUT2D eigenvalue weighted by molar-refractivity contribution is 0.101. The number of aliphatic hydroxyl groups is 1. The molecule has 0 spiro atoms. The molecule has 0 aliphatic heterocycles. The normalized spacial score (nSPS) is 13.1. The molecule has 0 fully saturated rings. The molecule has 1 atom stereocenters. The quantitative estimate of drug-likeness (QED) is 0.731. The largest absolute Gasteiger partial charge is 0.463 e. The van der Waals surface area contributed by atoms with Crippen molar-refractivity contribution in [1.29, 1.82) is 0 Å². The number of allylic oxidation sites excluding steroid dienone is 1. The monoisotopic (exact) mass is 194 g/mol. The molecule has 0 unspecified atom stereocenters. The van der Waals surface area contributed by atoms with Crippen LogP contribution in [-0.2, 0) is 6.42 Å². The standard InChI is InChI=1S/C12H18O2/c1-4-5-6-10-7-8-11(14-10)12(13)9(2)3/h4,7-9,12-13H,1,5-6H2,2-3H3/t12-/m1/s1. The van der Waals surface area contributed by atoms with Crippen molar-refractivity contribution in [2.24, 2.45) is 5.92 Å². The first-order valence-electron chi connectivity index (χ1n) is 5.02. The molecule has 0 radical (unpaired) electrons. The molecule has 0 aromatic carbocycles. The first kappa shape index (κ1) is 11.1. The van der Waals surface area contributed by atoms with Gasteiger partial charge in [0.1, 0.15) is 17.6 Å². The fourth-order valence-electron chi connectivity index (χ4n) is 1.26. The summed E-state index contributed by atoms with van der Waals surface area (Å²) in [6.45, 7) is 7.59. The van der Waals surface area contributed by atoms with Crippen LogP contribution in [0.25, 0.3) is 0 Å². The Morgan fingerprint density at radius 3 is 2.79 bits per heavy atom. The maximum absolute atomic E-state index is 9.72. The van der Waals surface area contributed by atoms with Crippen molar-refractivity contribution in [3.63, 3.8) is 0 Å². The Morgan fingerprint density at radius 1 is 1.50 bits per heavy atom. The lowest BCUT2D eigenvalue weighted by atomic mass is 10.1. The predicted octanol–water partition coefficient (Wildman–Crippen LogP) is 3.09. The highest BCUT2D eigenvalue weighted by Gasteiger charge is 2.15. The van der Waals surface area contributed by atoms with Gasteiger partial charge in [0, 0.05) is 6.42 Å². The van der Waals surface area contributed by atoms with Crippen LogP contribution in [0.3, 0.4) is 0 Å². The van der Waals surface area contributed by atoms with E-state index in [2.05, 4.69) is 6.58 Å². The van der Waals surface area contributed by atoms with Gasteiger partial charge < -0.3 is 9.52 Å². The lowest BCUT2D eigenvalue weighted by Crippen LogP contribution is -2.03. The Balaban J connectivity index is 2.62. The molecule has 1 aromatic rings. The van der Waals surface area contributed by atoms with Crippen LogP contribution in [0.2, 0.25) is 0 Å². The summed E-state index contributed by atoms with van der Waals surface area (Å²) in [6.07, 6.45) is 3.13. The summed E-state index contributed by atoms with van der Waals surface area (Å²) in [5, 5.41) is 9.72. The highest BCUT2D eigenvalue weighted by Crippen LogP contribution is 2.23. The summed E-state index contributed by atoms with van der Waals surface area (Å²) in [7, 11) is 0. The van der Waals surface area contributed by atoms with Crippen molar-refractivity contribution in [2.75, 3.05) is 0 Å². The van der Waals surface area contributed by atoms with E-state index in [0.717, 1.165) is 18.6 Å². The third kappa shape index (κ3) is 2.74. The molecule has 14 heavy (non-hydrogen) atoms. The van der Waals surface area contributed by atoms with E-state index >= 15 is 0 Å². The maximum atomic E-state index is 9.72. The van der Waals surface area contributed by atoms with E-state index in [1.54, 1.807) is 0 Å². The molecule has 1 aromatic heterocycles. The Labute approximate surface area is 85.2 Å². The van der Waals surface area contributed by atoms with E-state index in [9.17, 15) is 5.11 Å². The van der Waals surface area contributed by atoms with Crippen molar-refractivity contribution in [2.45, 2.75) is 32.8 Å². The molecule has 78 valence electrons. The van der Waals surface area contributed by atoms with Gasteiger partial charge in [-0.15, -0.1) is 6.58 Å². The van der Waals surface area contributed by atoms with Crippen LogP contribution < -0.4 is 0 Å². The third-order valence-electron chi connectivity index (χ3n) is 2.20. The van der Waals surface area contributed by atoms with Crippen LogP contribution in [0, 0.1) is 5.92 Å². The van der Waals surface area contributed by atoms with Crippen molar-refractivity contribution in [3.05, 3.63) is 36.3 Å². The first-order valence-corrected chi connectivity index (χ1v) is 5.02. The van der Waals surface area contributed by atoms with Gasteiger partial charge in [0.25, 0.3) is 0 Å². The van der Waals surface area contributed by atoms with Crippen LogP contribution in [0.1, 0.15) is 37.9 Å². The van der Waals surface area contributed by atoms with Gasteiger partial charge >= 0.3 is 0 Å². The van der Waals surface area contributed by atoms with Crippen LogP contribution in [0.15, 0.2) is 29.2 Å². The van der Waals surface area contributed by atoms with Crippen LogP contribution in [-0.4, -0.2) is 5.11 Å². The highest BCUT2D eigenvalue weighted by atomic mass is 16.4. The summed E-state index contributed by atoms with van der Waals surface area (Å²) in [6, 6.07) is 3.77. The summed E-state index contributed by atoms with van der Waals surface area (Å²) >= 11 is 0. The van der Waals surface area contributed by atoms with E-state index in [0.29, 0.717) is 5.76 Å². The van der Waals surface area contributed by atoms with Crippen molar-refractivity contribution in [1.82, 2.24) is 0 Å². The molecular formula is C12H18O2. The fourth-order valence-corrected chi connectivity index (χ4v) is 1.26. The zero-order valence-corrected chi connectivity index (χ0v) is 8.86. The van der Waals surface area contributed by atoms with Crippen molar-refractivity contribution < 1.29 is 9.52 Å². The van der Waals surface area contributed by atoms with Gasteiger partial charge in [0.15, 0.2) is 0 Å². The van der Waals surface area contributed by atoms with Crippen LogP contribution >= 0.6 is 0 Å². The van der Waals surface area contributed by atoms with Crippen LogP contribution in [0.5, 0.6) is 0 Å². The number of aliphatic hydroxyl groups excluding tert-OH is 1. The van der Waals surface area contributed by atoms with E-state index in [1.807, 2.05) is 32.1 Å². The smallest absolute Gasteiger partial charge is 0.132 e. The average Bonchev–Trinajstić information content (AvgIpc) is 2.61. The van der Waals surface area contributed by atoms with Gasteiger partial charge in [-0.05, 0) is 24.5 Å². The number of hydrogen-bond donors (Lipinski definition) is 1. The average molecular weight is 194 g/mol. The number of furan rings is 1. The first-order chi connectivity index (χ1) is 6.65. The molecule has 1 heterocycles. The highest BCUT2D eigenvalue weighted by molar-refractivity contribution is 5.10. The predicted molar refractivity (Wildman–Crippen MR) is 57.0 cm³/mol. The minimum Gasteiger partial charge on any atom is -0.463 e. The number of rotatable bonds is 5. The number of hydrogen-bond acceptors (Lipinski definition) is 2. The van der Waals surface area contributed by atoms with E-state index in [4.69, 9.17) is 4.42 Å². The fraction of sp³-hybridized carbons (Fsp3) is 0.500. The second-order valence-electron chi connectivity index (χ2n) is 3.82. The summed E-state index contributed by atoms with van der Waals surface area (Å²) in [5.74, 6) is 1.77. The SMILES string of the molecule is C=CCCc1ccc([C@H](O)C(C)C)o1. The van der Waals surface area contributed by atoms with Gasteiger partial charge in [-0.25, -0.2) is 0 Å². The van der Waals surface area contributed by atoms with Gasteiger partial charge in [-0.2, -0.15) is 0 Å². The summed E-state index contributed by atoms with van der Waals surface area (Å²) in [4.78, 5) is 0. The van der Waals surface area contributed by atoms with Gasteiger partial charge in [0.2, 0.25) is 0 Å². The lowest BCUT2D eigenvalue weighted by Gasteiger charge is -2.10. The van der Waals surface area contributed by atoms with Gasteiger partial charge in [0.05, 0.1) is 0 Å². The summed E-state index contributed by atoms with van der Waals surface area (Å²) < 4.78 is 5.51. The van der Waals surface area contributed by atoms with Gasteiger partial charge in [-0.1, -0.05) is 19.9 Å². The minimum atomic E-state index is -0.493. The Bertz CT molecular complexity index is 286. The molecule has 1 N–H and O–H groups in total. The van der Waals surface area contributed by atoms with Crippen molar-refractivity contribution >= 4 is 0 Å². The Kier molecular flexibility index (Phi) is 3.96. The third-order valence-corrected chi connectivity index (χ3v) is 2.20. The topological polar surface area (TPSA) is 33.4 Å². The molecule has 0 amide bonds. The molecule has 2 nitrogen and oxygen atoms in total.